The van der Waals surface area contributed by atoms with Gasteiger partial charge in [0.25, 0.3) is 0 Å². The molecule has 0 spiro atoms. The van der Waals surface area contributed by atoms with E-state index in [0.29, 0.717) is 18.1 Å². The van der Waals surface area contributed by atoms with E-state index < -0.39 is 23.3 Å². The number of aryl methyl sites for hydroxylation is 1. The number of aromatic nitrogens is 4. The third-order valence-corrected chi connectivity index (χ3v) is 5.49. The zero-order chi connectivity index (χ0) is 26.5. The van der Waals surface area contributed by atoms with Crippen LogP contribution in [0.15, 0.2) is 36.8 Å². The number of carboxylic acids is 1. The number of carboxylic acid groups (broad SMARTS) is 1. The van der Waals surface area contributed by atoms with Gasteiger partial charge in [0.2, 0.25) is 5.88 Å². The predicted octanol–water partition coefficient (Wildman–Crippen LogP) is 5.60. The van der Waals surface area contributed by atoms with E-state index in [2.05, 4.69) is 15.0 Å². The standard InChI is InChI=1S/C25H29F3N4O4/c1-5-6-9-35-15-32-13-20(25(26,27)28)31-22(32)19-8-7-17(11-29-19)18-12-30-21(10-16(18)2)36-14-24(3,4)23(33)34/h7-8,10-13H,5-6,9,14-15H2,1-4H3,(H,33,34). The fourth-order valence-corrected chi connectivity index (χ4v) is 3.18. The molecule has 0 aliphatic rings. The van der Waals surface area contributed by atoms with Gasteiger partial charge in [-0.3, -0.25) is 9.78 Å². The van der Waals surface area contributed by atoms with Crippen molar-refractivity contribution in [1.29, 1.82) is 0 Å². The number of hydrogen-bond acceptors (Lipinski definition) is 6. The maximum atomic E-state index is 13.3. The summed E-state index contributed by atoms with van der Waals surface area (Å²) < 4.78 is 52.2. The molecular formula is C25H29F3N4O4. The number of aliphatic carboxylic acids is 1. The Balaban J connectivity index is 1.81. The van der Waals surface area contributed by atoms with Crippen molar-refractivity contribution < 1.29 is 32.5 Å². The predicted molar refractivity (Wildman–Crippen MR) is 126 cm³/mol. The highest BCUT2D eigenvalue weighted by Gasteiger charge is 2.35. The second-order valence-electron chi connectivity index (χ2n) is 9.06. The van der Waals surface area contributed by atoms with Crippen LogP contribution in [-0.2, 0) is 22.4 Å². The van der Waals surface area contributed by atoms with Crippen molar-refractivity contribution >= 4 is 5.97 Å². The van der Waals surface area contributed by atoms with Crippen LogP contribution in [0.2, 0.25) is 0 Å². The first-order valence-corrected chi connectivity index (χ1v) is 11.4. The summed E-state index contributed by atoms with van der Waals surface area (Å²) in [6.07, 6.45) is 1.18. The third kappa shape index (κ3) is 6.60. The number of pyridine rings is 2. The second-order valence-corrected chi connectivity index (χ2v) is 9.06. The van der Waals surface area contributed by atoms with Gasteiger partial charge in [0.1, 0.15) is 19.0 Å². The number of carbonyl (C=O) groups is 1. The van der Waals surface area contributed by atoms with E-state index in [1.807, 2.05) is 13.8 Å². The topological polar surface area (TPSA) is 99.4 Å². The first-order chi connectivity index (χ1) is 16.9. The van der Waals surface area contributed by atoms with Crippen LogP contribution in [0.5, 0.6) is 5.88 Å². The van der Waals surface area contributed by atoms with Crippen molar-refractivity contribution in [1.82, 2.24) is 19.5 Å². The molecule has 0 aromatic carbocycles. The van der Waals surface area contributed by atoms with Crippen LogP contribution < -0.4 is 4.74 Å². The highest BCUT2D eigenvalue weighted by Crippen LogP contribution is 2.32. The summed E-state index contributed by atoms with van der Waals surface area (Å²) in [7, 11) is 0. The minimum absolute atomic E-state index is 0.0426. The highest BCUT2D eigenvalue weighted by atomic mass is 19.4. The van der Waals surface area contributed by atoms with Crippen LogP contribution in [0.4, 0.5) is 13.2 Å². The van der Waals surface area contributed by atoms with E-state index >= 15 is 0 Å². The fourth-order valence-electron chi connectivity index (χ4n) is 3.18. The van der Waals surface area contributed by atoms with E-state index in [0.717, 1.165) is 30.2 Å². The van der Waals surface area contributed by atoms with Crippen LogP contribution in [0.3, 0.4) is 0 Å². The molecule has 1 N–H and O–H groups in total. The van der Waals surface area contributed by atoms with Crippen LogP contribution in [-0.4, -0.2) is 43.8 Å². The molecule has 8 nitrogen and oxygen atoms in total. The molecular weight excluding hydrogens is 477 g/mol. The summed E-state index contributed by atoms with van der Waals surface area (Å²) in [6, 6.07) is 5.02. The number of halogens is 3. The Morgan fingerprint density at radius 1 is 1.17 bits per heavy atom. The van der Waals surface area contributed by atoms with Gasteiger partial charge in [-0.1, -0.05) is 19.4 Å². The molecule has 36 heavy (non-hydrogen) atoms. The normalized spacial score (nSPS) is 12.1. The van der Waals surface area contributed by atoms with Crippen molar-refractivity contribution in [2.75, 3.05) is 13.2 Å². The summed E-state index contributed by atoms with van der Waals surface area (Å²) in [5.41, 5.74) is 0.467. The highest BCUT2D eigenvalue weighted by molar-refractivity contribution is 5.73. The molecule has 3 aromatic heterocycles. The Bertz CT molecular complexity index is 1190. The SMILES string of the molecule is CCCCOCn1cc(C(F)(F)F)nc1-c1ccc(-c2cnc(OCC(C)(C)C(=O)O)cc2C)cn1. The largest absolute Gasteiger partial charge is 0.481 e. The van der Waals surface area contributed by atoms with Gasteiger partial charge in [0.15, 0.2) is 11.5 Å². The smallest absolute Gasteiger partial charge is 0.434 e. The molecule has 0 unspecified atom stereocenters. The lowest BCUT2D eigenvalue weighted by Gasteiger charge is -2.19. The molecule has 0 atom stereocenters. The second kappa shape index (κ2) is 11.1. The molecule has 3 rings (SSSR count). The molecule has 0 fully saturated rings. The first-order valence-electron chi connectivity index (χ1n) is 11.4. The minimum atomic E-state index is -4.59. The minimum Gasteiger partial charge on any atom is -0.481 e. The van der Waals surface area contributed by atoms with Gasteiger partial charge in [0, 0.05) is 42.4 Å². The first kappa shape index (κ1) is 27.1. The average molecular weight is 507 g/mol. The van der Waals surface area contributed by atoms with Gasteiger partial charge < -0.3 is 19.1 Å². The van der Waals surface area contributed by atoms with Crippen molar-refractivity contribution in [2.24, 2.45) is 5.41 Å². The number of imidazole rings is 1. The number of hydrogen-bond donors (Lipinski definition) is 1. The number of unbranched alkanes of at least 4 members (excludes halogenated alkanes) is 1. The molecule has 0 aliphatic heterocycles. The van der Waals surface area contributed by atoms with Gasteiger partial charge in [0.05, 0.1) is 5.41 Å². The molecule has 194 valence electrons. The lowest BCUT2D eigenvalue weighted by molar-refractivity contribution is -0.148. The van der Waals surface area contributed by atoms with Crippen molar-refractivity contribution in [3.63, 3.8) is 0 Å². The maximum Gasteiger partial charge on any atom is 0.434 e. The molecule has 0 aliphatic carbocycles. The van der Waals surface area contributed by atoms with Crippen molar-refractivity contribution in [3.05, 3.63) is 48.0 Å². The molecule has 3 aromatic rings. The number of nitrogens with zero attached hydrogens (tertiary/aromatic N) is 4. The van der Waals surface area contributed by atoms with Crippen molar-refractivity contribution in [2.45, 2.75) is 53.4 Å². The summed E-state index contributed by atoms with van der Waals surface area (Å²) >= 11 is 0. The Morgan fingerprint density at radius 2 is 1.92 bits per heavy atom. The monoisotopic (exact) mass is 506 g/mol. The summed E-state index contributed by atoms with van der Waals surface area (Å²) in [6.45, 7) is 7.28. The summed E-state index contributed by atoms with van der Waals surface area (Å²) in [5, 5.41) is 9.22. The van der Waals surface area contributed by atoms with Gasteiger partial charge >= 0.3 is 12.1 Å². The lowest BCUT2D eigenvalue weighted by Crippen LogP contribution is -2.30. The van der Waals surface area contributed by atoms with Crippen molar-refractivity contribution in [3.8, 4) is 28.5 Å². The molecule has 0 amide bonds. The number of ether oxygens (including phenoxy) is 2. The van der Waals surface area contributed by atoms with Crippen LogP contribution in [0.25, 0.3) is 22.6 Å². The Labute approximate surface area is 207 Å². The van der Waals surface area contributed by atoms with Gasteiger partial charge in [-0.2, -0.15) is 13.2 Å². The van der Waals surface area contributed by atoms with E-state index in [4.69, 9.17) is 9.47 Å². The van der Waals surface area contributed by atoms with Gasteiger partial charge in [-0.15, -0.1) is 0 Å². The van der Waals surface area contributed by atoms with Gasteiger partial charge in [-0.25, -0.2) is 9.97 Å². The van der Waals surface area contributed by atoms with E-state index in [-0.39, 0.29) is 24.9 Å². The molecule has 11 heteroatoms. The van der Waals surface area contributed by atoms with Gasteiger partial charge in [-0.05, 0) is 38.8 Å². The van der Waals surface area contributed by atoms with Crippen LogP contribution >= 0.6 is 0 Å². The summed E-state index contributed by atoms with van der Waals surface area (Å²) in [4.78, 5) is 23.6. The Hall–Kier alpha value is -3.47. The number of rotatable bonds is 11. The maximum absolute atomic E-state index is 13.3. The quantitative estimate of drug-likeness (QED) is 0.338. The lowest BCUT2D eigenvalue weighted by atomic mass is 9.95. The zero-order valence-electron chi connectivity index (χ0n) is 20.6. The fraction of sp³-hybridized carbons (Fsp3) is 0.440. The van der Waals surface area contributed by atoms with Crippen LogP contribution in [0.1, 0.15) is 44.9 Å². The summed E-state index contributed by atoms with van der Waals surface area (Å²) in [5.74, 6) is -0.623. The number of alkyl halides is 3. The molecule has 0 saturated heterocycles. The third-order valence-electron chi connectivity index (χ3n) is 5.49. The molecule has 3 heterocycles. The Morgan fingerprint density at radius 3 is 2.50 bits per heavy atom. The molecule has 0 saturated carbocycles. The Kier molecular flexibility index (Phi) is 8.34. The van der Waals surface area contributed by atoms with Crippen LogP contribution in [0, 0.1) is 12.3 Å². The average Bonchev–Trinajstić information content (AvgIpc) is 3.25. The van der Waals surface area contributed by atoms with E-state index in [1.54, 1.807) is 38.2 Å². The zero-order valence-corrected chi connectivity index (χ0v) is 20.6. The molecule has 0 radical (unpaired) electrons. The molecule has 0 bridgehead atoms. The van der Waals surface area contributed by atoms with E-state index in [9.17, 15) is 23.1 Å². The van der Waals surface area contributed by atoms with E-state index in [1.165, 1.54) is 10.8 Å².